The Kier molecular flexibility index (Phi) is 5.40. The number of hydrogen-bond donors (Lipinski definition) is 1. The molecule has 0 amide bonds. The maximum atomic E-state index is 13.2. The van der Waals surface area contributed by atoms with Crippen molar-refractivity contribution >= 4 is 34.7 Å². The highest BCUT2D eigenvalue weighted by Gasteiger charge is 2.14. The van der Waals surface area contributed by atoms with Crippen LogP contribution < -0.4 is 10.6 Å². The van der Waals surface area contributed by atoms with Gasteiger partial charge >= 0.3 is 0 Å². The van der Waals surface area contributed by atoms with Gasteiger partial charge in [-0.3, -0.25) is 0 Å². The molecule has 5 heteroatoms. The molecule has 0 aliphatic carbocycles. The lowest BCUT2D eigenvalue weighted by molar-refractivity contribution is 0.627. The Morgan fingerprint density at radius 1 is 1.53 bits per heavy atom. The molecule has 0 spiro atoms. The monoisotopic (exact) mass is 276 g/mol. The number of anilines is 2. The molecule has 1 aromatic carbocycles. The summed E-state index contributed by atoms with van der Waals surface area (Å²) in [7, 11) is 1.95. The van der Waals surface area contributed by atoms with Crippen molar-refractivity contribution in [2.75, 3.05) is 29.7 Å². The summed E-state index contributed by atoms with van der Waals surface area (Å²) >= 11 is 7.59. The molecule has 0 aromatic heterocycles. The smallest absolute Gasteiger partial charge is 0.143 e. The van der Waals surface area contributed by atoms with Crippen LogP contribution >= 0.6 is 23.4 Å². The lowest BCUT2D eigenvalue weighted by Crippen LogP contribution is -2.30. The third-order valence-corrected chi connectivity index (χ3v) is 3.78. The molecule has 0 bridgehead atoms. The van der Waals surface area contributed by atoms with Gasteiger partial charge in [-0.05, 0) is 31.4 Å². The summed E-state index contributed by atoms with van der Waals surface area (Å²) in [6, 6.07) is 3.20. The Balaban J connectivity index is 2.88. The average Bonchev–Trinajstić information content (AvgIpc) is 2.29. The largest absolute Gasteiger partial charge is 0.397 e. The standard InChI is InChI=1S/C12H18ClFN2S/c1-8(4-5-17-3)16(2)12-6-9(13)10(14)7-11(12)15/h6-8H,4-5,15H2,1-3H3. The van der Waals surface area contributed by atoms with Gasteiger partial charge in [-0.15, -0.1) is 0 Å². The SMILES string of the molecule is CSCCC(C)N(C)c1cc(Cl)c(F)cc1N. The molecule has 0 heterocycles. The van der Waals surface area contributed by atoms with Crippen LogP contribution in [0.1, 0.15) is 13.3 Å². The minimum atomic E-state index is -0.474. The zero-order valence-corrected chi connectivity index (χ0v) is 11.9. The van der Waals surface area contributed by atoms with E-state index in [1.807, 2.05) is 23.7 Å². The molecule has 0 radical (unpaired) electrons. The maximum absolute atomic E-state index is 13.2. The van der Waals surface area contributed by atoms with Crippen LogP contribution in [-0.4, -0.2) is 25.1 Å². The molecule has 0 saturated heterocycles. The summed E-state index contributed by atoms with van der Waals surface area (Å²) in [5.41, 5.74) is 7.02. The van der Waals surface area contributed by atoms with Crippen molar-refractivity contribution in [3.05, 3.63) is 23.0 Å². The summed E-state index contributed by atoms with van der Waals surface area (Å²) < 4.78 is 13.2. The fourth-order valence-electron chi connectivity index (χ4n) is 1.58. The van der Waals surface area contributed by atoms with Crippen molar-refractivity contribution in [2.24, 2.45) is 0 Å². The van der Waals surface area contributed by atoms with Crippen LogP contribution in [0.4, 0.5) is 15.8 Å². The van der Waals surface area contributed by atoms with Gasteiger partial charge in [0, 0.05) is 19.2 Å². The highest BCUT2D eigenvalue weighted by Crippen LogP contribution is 2.30. The Hall–Kier alpha value is -0.610. The molecule has 96 valence electrons. The zero-order chi connectivity index (χ0) is 13.0. The number of thioether (sulfide) groups is 1. The number of nitrogens with two attached hydrogens (primary N) is 1. The quantitative estimate of drug-likeness (QED) is 0.833. The Morgan fingerprint density at radius 2 is 2.18 bits per heavy atom. The van der Waals surface area contributed by atoms with Crippen molar-refractivity contribution in [1.82, 2.24) is 0 Å². The molecule has 1 rings (SSSR count). The van der Waals surface area contributed by atoms with E-state index in [2.05, 4.69) is 13.2 Å². The summed E-state index contributed by atoms with van der Waals surface area (Å²) in [5, 5.41) is 0.109. The molecule has 2 nitrogen and oxygen atoms in total. The molecule has 1 unspecified atom stereocenters. The van der Waals surface area contributed by atoms with Gasteiger partial charge in [0.1, 0.15) is 5.82 Å². The molecule has 1 atom stereocenters. The van der Waals surface area contributed by atoms with Gasteiger partial charge in [0.25, 0.3) is 0 Å². The van der Waals surface area contributed by atoms with Gasteiger partial charge in [-0.1, -0.05) is 11.6 Å². The topological polar surface area (TPSA) is 29.3 Å². The van der Waals surface area contributed by atoms with Crippen LogP contribution in [0.15, 0.2) is 12.1 Å². The first kappa shape index (κ1) is 14.5. The third-order valence-electron chi connectivity index (χ3n) is 2.85. The number of benzene rings is 1. The normalized spacial score (nSPS) is 12.5. The van der Waals surface area contributed by atoms with Crippen molar-refractivity contribution in [3.63, 3.8) is 0 Å². The predicted molar refractivity (Wildman–Crippen MR) is 76.7 cm³/mol. The lowest BCUT2D eigenvalue weighted by atomic mass is 10.2. The molecular formula is C12H18ClFN2S. The van der Waals surface area contributed by atoms with E-state index in [1.54, 1.807) is 6.07 Å². The third kappa shape index (κ3) is 3.68. The number of nitrogens with zero attached hydrogens (tertiary/aromatic N) is 1. The minimum absolute atomic E-state index is 0.109. The highest BCUT2D eigenvalue weighted by molar-refractivity contribution is 7.98. The van der Waals surface area contributed by atoms with Crippen LogP contribution in [0.5, 0.6) is 0 Å². The summed E-state index contributed by atoms with van der Waals surface area (Å²) in [6.45, 7) is 2.12. The fourth-order valence-corrected chi connectivity index (χ4v) is 2.31. The van der Waals surface area contributed by atoms with Crippen LogP contribution in [0.3, 0.4) is 0 Å². The van der Waals surface area contributed by atoms with Gasteiger partial charge in [0.15, 0.2) is 0 Å². The molecule has 0 saturated carbocycles. The summed E-state index contributed by atoms with van der Waals surface area (Å²) in [6.07, 6.45) is 3.13. The van der Waals surface area contributed by atoms with E-state index in [4.69, 9.17) is 17.3 Å². The number of hydrogen-bond acceptors (Lipinski definition) is 3. The van der Waals surface area contributed by atoms with Crippen LogP contribution in [0, 0.1) is 5.82 Å². The van der Waals surface area contributed by atoms with Gasteiger partial charge in [-0.2, -0.15) is 11.8 Å². The Labute approximate surface area is 111 Å². The Bertz CT molecular complexity index is 387. The minimum Gasteiger partial charge on any atom is -0.397 e. The molecule has 0 aliphatic rings. The Morgan fingerprint density at radius 3 is 2.76 bits per heavy atom. The second-order valence-corrected chi connectivity index (χ2v) is 5.46. The second-order valence-electron chi connectivity index (χ2n) is 4.07. The molecule has 17 heavy (non-hydrogen) atoms. The van der Waals surface area contributed by atoms with Gasteiger partial charge in [0.2, 0.25) is 0 Å². The molecule has 0 fully saturated rings. The highest BCUT2D eigenvalue weighted by atomic mass is 35.5. The van der Waals surface area contributed by atoms with E-state index in [0.717, 1.165) is 17.9 Å². The fraction of sp³-hybridized carbons (Fsp3) is 0.500. The molecular weight excluding hydrogens is 259 g/mol. The van der Waals surface area contributed by atoms with E-state index >= 15 is 0 Å². The van der Waals surface area contributed by atoms with Gasteiger partial charge < -0.3 is 10.6 Å². The lowest BCUT2D eigenvalue weighted by Gasteiger charge is -2.28. The summed E-state index contributed by atoms with van der Waals surface area (Å²) in [4.78, 5) is 2.04. The van der Waals surface area contributed by atoms with E-state index in [9.17, 15) is 4.39 Å². The first-order chi connectivity index (χ1) is 7.97. The number of rotatable bonds is 5. The zero-order valence-electron chi connectivity index (χ0n) is 10.3. The van der Waals surface area contributed by atoms with Crippen LogP contribution in [-0.2, 0) is 0 Å². The summed E-state index contributed by atoms with van der Waals surface area (Å²) in [5.74, 6) is 0.610. The first-order valence-electron chi connectivity index (χ1n) is 5.43. The van der Waals surface area contributed by atoms with Crippen molar-refractivity contribution < 1.29 is 4.39 Å². The first-order valence-corrected chi connectivity index (χ1v) is 7.20. The van der Waals surface area contributed by atoms with Crippen molar-refractivity contribution in [2.45, 2.75) is 19.4 Å². The molecule has 2 N–H and O–H groups in total. The second kappa shape index (κ2) is 6.36. The van der Waals surface area contributed by atoms with Gasteiger partial charge in [-0.25, -0.2) is 4.39 Å². The number of halogens is 2. The van der Waals surface area contributed by atoms with E-state index in [-0.39, 0.29) is 5.02 Å². The predicted octanol–water partition coefficient (Wildman–Crippen LogP) is 3.64. The molecule has 0 aliphatic heterocycles. The van der Waals surface area contributed by atoms with Crippen molar-refractivity contribution in [3.8, 4) is 0 Å². The number of nitrogen functional groups attached to an aromatic ring is 1. The maximum Gasteiger partial charge on any atom is 0.143 e. The van der Waals surface area contributed by atoms with Crippen LogP contribution in [0.25, 0.3) is 0 Å². The van der Waals surface area contributed by atoms with E-state index in [1.165, 1.54) is 6.07 Å². The van der Waals surface area contributed by atoms with Crippen molar-refractivity contribution in [1.29, 1.82) is 0 Å². The molecule has 1 aromatic rings. The van der Waals surface area contributed by atoms with Gasteiger partial charge in [0.05, 0.1) is 16.4 Å². The van der Waals surface area contributed by atoms with E-state index < -0.39 is 5.82 Å². The van der Waals surface area contributed by atoms with E-state index in [0.29, 0.717) is 11.7 Å². The average molecular weight is 277 g/mol. The van der Waals surface area contributed by atoms with Crippen LogP contribution in [0.2, 0.25) is 5.02 Å².